The van der Waals surface area contributed by atoms with Gasteiger partial charge in [-0.15, -0.1) is 0 Å². The monoisotopic (exact) mass is 521 g/mol. The molecule has 0 saturated carbocycles. The highest BCUT2D eigenvalue weighted by molar-refractivity contribution is 6.00. The van der Waals surface area contributed by atoms with Gasteiger partial charge in [0.05, 0.1) is 11.0 Å². The smallest absolute Gasteiger partial charge is 0.475 e. The molecule has 1 spiro atoms. The molecule has 1 aromatic heterocycles. The third-order valence-electron chi connectivity index (χ3n) is 6.47. The number of carbonyl (C=O) groups excluding carboxylic acids is 2. The highest BCUT2D eigenvalue weighted by Crippen LogP contribution is 2.36. The van der Waals surface area contributed by atoms with Gasteiger partial charge in [-0.3, -0.25) is 9.59 Å². The molecule has 5 rings (SSSR count). The number of imidazole rings is 1. The van der Waals surface area contributed by atoms with Crippen molar-refractivity contribution < 1.29 is 37.1 Å². The molecule has 2 fully saturated rings. The minimum Gasteiger partial charge on any atom is -0.475 e. The average Bonchev–Trinajstić information content (AvgIpc) is 3.41. The first-order valence-electron chi connectivity index (χ1n) is 11.3. The molecule has 5 N–H and O–H groups in total. The van der Waals surface area contributed by atoms with Crippen LogP contribution in [0.25, 0.3) is 22.4 Å². The van der Waals surface area contributed by atoms with Crippen LogP contribution in [0.5, 0.6) is 0 Å². The van der Waals surface area contributed by atoms with Crippen molar-refractivity contribution in [2.24, 2.45) is 5.41 Å². The summed E-state index contributed by atoms with van der Waals surface area (Å²) in [4.78, 5) is 42.0. The summed E-state index contributed by atoms with van der Waals surface area (Å²) < 4.78 is 44.9. The zero-order chi connectivity index (χ0) is 26.8. The van der Waals surface area contributed by atoms with Crippen molar-refractivity contribution in [3.63, 3.8) is 0 Å². The van der Waals surface area contributed by atoms with Crippen LogP contribution in [0.15, 0.2) is 42.5 Å². The molecule has 2 amide bonds. The lowest BCUT2D eigenvalue weighted by atomic mass is 9.74. The van der Waals surface area contributed by atoms with E-state index in [1.165, 1.54) is 12.1 Å². The zero-order valence-corrected chi connectivity index (χ0v) is 19.3. The second kappa shape index (κ2) is 10.2. The average molecular weight is 521 g/mol. The van der Waals surface area contributed by atoms with Crippen LogP contribution in [0.4, 0.5) is 17.6 Å². The van der Waals surface area contributed by atoms with E-state index in [9.17, 15) is 27.2 Å². The first kappa shape index (κ1) is 26.1. The minimum absolute atomic E-state index is 0.119. The van der Waals surface area contributed by atoms with Crippen molar-refractivity contribution in [2.45, 2.75) is 25.1 Å². The van der Waals surface area contributed by atoms with E-state index in [-0.39, 0.29) is 23.0 Å². The number of halogens is 4. The number of alkyl halides is 3. The molecule has 2 saturated heterocycles. The molecular formula is C24H23F4N5O4. The maximum Gasteiger partial charge on any atom is 0.490 e. The fourth-order valence-electron chi connectivity index (χ4n) is 4.46. The van der Waals surface area contributed by atoms with Crippen LogP contribution in [0.3, 0.4) is 0 Å². The van der Waals surface area contributed by atoms with Crippen LogP contribution in [-0.4, -0.2) is 64.7 Å². The van der Waals surface area contributed by atoms with Crippen LogP contribution >= 0.6 is 0 Å². The normalized spacial score (nSPS) is 18.7. The number of amides is 2. The Bertz CT molecular complexity index is 1320. The molecule has 2 aromatic carbocycles. The number of benzene rings is 2. The fraction of sp³-hybridized carbons (Fsp3) is 0.333. The first-order valence-corrected chi connectivity index (χ1v) is 11.3. The summed E-state index contributed by atoms with van der Waals surface area (Å²) in [5.74, 6) is -2.86. The van der Waals surface area contributed by atoms with Gasteiger partial charge in [-0.05, 0) is 68.4 Å². The van der Waals surface area contributed by atoms with E-state index in [1.54, 1.807) is 30.3 Å². The van der Waals surface area contributed by atoms with Crippen molar-refractivity contribution in [1.82, 2.24) is 25.9 Å². The molecule has 0 radical (unpaired) electrons. The second-order valence-electron chi connectivity index (χ2n) is 8.86. The van der Waals surface area contributed by atoms with Gasteiger partial charge in [0, 0.05) is 23.1 Å². The number of aromatic nitrogens is 2. The molecule has 9 nitrogen and oxygen atoms in total. The molecular weight excluding hydrogens is 498 g/mol. The molecule has 196 valence electrons. The Kier molecular flexibility index (Phi) is 7.16. The summed E-state index contributed by atoms with van der Waals surface area (Å²) in [6, 6.07) is 10.7. The number of rotatable bonds is 3. The van der Waals surface area contributed by atoms with Gasteiger partial charge in [-0.1, -0.05) is 0 Å². The van der Waals surface area contributed by atoms with Crippen molar-refractivity contribution in [3.05, 3.63) is 53.8 Å². The number of hydrogen-bond donors (Lipinski definition) is 5. The van der Waals surface area contributed by atoms with Crippen molar-refractivity contribution in [2.75, 3.05) is 19.6 Å². The number of fused-ring (bicyclic) bond motifs is 1. The zero-order valence-electron chi connectivity index (χ0n) is 19.3. The Balaban J connectivity index is 0.000000405. The summed E-state index contributed by atoms with van der Waals surface area (Å²) >= 11 is 0. The molecule has 0 aliphatic carbocycles. The van der Waals surface area contributed by atoms with E-state index in [4.69, 9.17) is 9.90 Å². The Hall–Kier alpha value is -4.00. The number of piperidine rings is 1. The molecule has 0 bridgehead atoms. The number of carboxylic acids is 1. The SMILES string of the molecule is O=C(NC1C(=O)NCC12CCNCC2)c1ccc2nc(-c3ccc(F)cc3)[nH]c2c1.O=C(O)C(F)(F)F. The summed E-state index contributed by atoms with van der Waals surface area (Å²) in [6.07, 6.45) is -3.39. The molecule has 1 unspecified atom stereocenters. The number of aromatic amines is 1. The molecule has 3 aromatic rings. The minimum atomic E-state index is -5.08. The lowest BCUT2D eigenvalue weighted by Crippen LogP contribution is -2.53. The van der Waals surface area contributed by atoms with Crippen LogP contribution in [0.1, 0.15) is 23.2 Å². The van der Waals surface area contributed by atoms with Gasteiger partial charge in [0.1, 0.15) is 17.7 Å². The lowest BCUT2D eigenvalue weighted by Gasteiger charge is -2.37. The van der Waals surface area contributed by atoms with E-state index >= 15 is 0 Å². The standard InChI is InChI=1S/C22H22FN5O2.C2HF3O2/c23-15-4-1-13(2-5-15)19-26-16-6-3-14(11-17(16)27-19)20(29)28-18-21(30)25-12-22(18)7-9-24-10-8-22;3-2(4,5)1(6)7/h1-6,11,18,24H,7-10,12H2,(H,25,30)(H,26,27)(H,28,29);(H,6,7). The number of H-pyrrole nitrogens is 1. The van der Waals surface area contributed by atoms with Gasteiger partial charge in [-0.2, -0.15) is 13.2 Å². The van der Waals surface area contributed by atoms with E-state index in [1.807, 2.05) is 0 Å². The van der Waals surface area contributed by atoms with Gasteiger partial charge >= 0.3 is 12.1 Å². The van der Waals surface area contributed by atoms with Gasteiger partial charge < -0.3 is 26.0 Å². The van der Waals surface area contributed by atoms with Crippen LogP contribution in [-0.2, 0) is 9.59 Å². The largest absolute Gasteiger partial charge is 0.490 e. The summed E-state index contributed by atoms with van der Waals surface area (Å²) in [7, 11) is 0. The first-order chi connectivity index (χ1) is 17.5. The maximum absolute atomic E-state index is 13.2. The number of nitrogens with one attached hydrogen (secondary N) is 4. The third kappa shape index (κ3) is 5.71. The van der Waals surface area contributed by atoms with Crippen LogP contribution < -0.4 is 16.0 Å². The van der Waals surface area contributed by atoms with Crippen molar-refractivity contribution >= 4 is 28.8 Å². The van der Waals surface area contributed by atoms with Crippen molar-refractivity contribution in [3.8, 4) is 11.4 Å². The predicted molar refractivity (Wildman–Crippen MR) is 124 cm³/mol. The Morgan fingerprint density at radius 3 is 2.35 bits per heavy atom. The van der Waals surface area contributed by atoms with E-state index in [0.717, 1.165) is 31.5 Å². The highest BCUT2D eigenvalue weighted by atomic mass is 19.4. The Labute approximate surface area is 207 Å². The molecule has 13 heteroatoms. The van der Waals surface area contributed by atoms with E-state index < -0.39 is 18.2 Å². The molecule has 1 atom stereocenters. The molecule has 37 heavy (non-hydrogen) atoms. The fourth-order valence-corrected chi connectivity index (χ4v) is 4.46. The summed E-state index contributed by atoms with van der Waals surface area (Å²) in [6.45, 7) is 2.28. The summed E-state index contributed by atoms with van der Waals surface area (Å²) in [5.41, 5.74) is 2.40. The number of hydrogen-bond acceptors (Lipinski definition) is 5. The second-order valence-corrected chi connectivity index (χ2v) is 8.86. The van der Waals surface area contributed by atoms with Crippen molar-refractivity contribution in [1.29, 1.82) is 0 Å². The lowest BCUT2D eigenvalue weighted by molar-refractivity contribution is -0.192. The topological polar surface area (TPSA) is 136 Å². The van der Waals surface area contributed by atoms with Crippen LogP contribution in [0.2, 0.25) is 0 Å². The van der Waals surface area contributed by atoms with Crippen LogP contribution in [0, 0.1) is 11.2 Å². The molecule has 3 heterocycles. The van der Waals surface area contributed by atoms with Gasteiger partial charge in [0.25, 0.3) is 5.91 Å². The number of aliphatic carboxylic acids is 1. The predicted octanol–water partition coefficient (Wildman–Crippen LogP) is 2.60. The number of carboxylic acid groups (broad SMARTS) is 1. The number of nitrogens with zero attached hydrogens (tertiary/aromatic N) is 1. The highest BCUT2D eigenvalue weighted by Gasteiger charge is 2.49. The third-order valence-corrected chi connectivity index (χ3v) is 6.47. The van der Waals surface area contributed by atoms with Gasteiger partial charge in [0.15, 0.2) is 0 Å². The summed E-state index contributed by atoms with van der Waals surface area (Å²) in [5, 5.41) is 16.3. The number of carbonyl (C=O) groups is 3. The van der Waals surface area contributed by atoms with E-state index in [0.29, 0.717) is 29.0 Å². The maximum atomic E-state index is 13.2. The molecule has 2 aliphatic rings. The van der Waals surface area contributed by atoms with Gasteiger partial charge in [-0.25, -0.2) is 14.2 Å². The van der Waals surface area contributed by atoms with E-state index in [2.05, 4.69) is 25.9 Å². The Morgan fingerprint density at radius 2 is 1.73 bits per heavy atom. The molecule has 2 aliphatic heterocycles. The quantitative estimate of drug-likeness (QED) is 0.336. The Morgan fingerprint density at radius 1 is 1.08 bits per heavy atom. The van der Waals surface area contributed by atoms with Gasteiger partial charge in [0.2, 0.25) is 5.91 Å².